The monoisotopic (exact) mass is 420 g/mol. The number of likely N-dealkylation sites (tertiary alicyclic amines) is 1. The molecule has 2 aromatic rings. The third kappa shape index (κ3) is 4.35. The van der Waals surface area contributed by atoms with Gasteiger partial charge in [0.15, 0.2) is 0 Å². The van der Waals surface area contributed by atoms with Gasteiger partial charge < -0.3 is 14.7 Å². The van der Waals surface area contributed by atoms with Gasteiger partial charge in [-0.05, 0) is 48.9 Å². The molecule has 6 nitrogen and oxygen atoms in total. The SMILES string of the molecule is CCOc1ccc(C2=C(N3CCCC(CO)C3)C(=O)N(Cc3ccccc3)C2=O)cc1. The maximum atomic E-state index is 13.5. The van der Waals surface area contributed by atoms with Crippen LogP contribution >= 0.6 is 0 Å². The average molecular weight is 421 g/mol. The number of hydrogen-bond acceptors (Lipinski definition) is 5. The maximum Gasteiger partial charge on any atom is 0.278 e. The van der Waals surface area contributed by atoms with Gasteiger partial charge in [0.2, 0.25) is 0 Å². The number of carbonyl (C=O) groups is 2. The lowest BCUT2D eigenvalue weighted by molar-refractivity contribution is -0.138. The van der Waals surface area contributed by atoms with Crippen molar-refractivity contribution < 1.29 is 19.4 Å². The molecular formula is C25H28N2O4. The Morgan fingerprint density at radius 2 is 1.77 bits per heavy atom. The summed E-state index contributed by atoms with van der Waals surface area (Å²) in [7, 11) is 0. The molecule has 2 heterocycles. The average Bonchev–Trinajstić information content (AvgIpc) is 3.05. The second-order valence-corrected chi connectivity index (χ2v) is 8.00. The van der Waals surface area contributed by atoms with Gasteiger partial charge in [-0.2, -0.15) is 0 Å². The van der Waals surface area contributed by atoms with Gasteiger partial charge in [-0.15, -0.1) is 0 Å². The summed E-state index contributed by atoms with van der Waals surface area (Å²) in [5.74, 6) is 0.286. The zero-order valence-corrected chi connectivity index (χ0v) is 17.8. The van der Waals surface area contributed by atoms with Gasteiger partial charge in [0, 0.05) is 19.7 Å². The summed E-state index contributed by atoms with van der Waals surface area (Å²) in [6.07, 6.45) is 1.81. The van der Waals surface area contributed by atoms with E-state index in [9.17, 15) is 14.7 Å². The van der Waals surface area contributed by atoms with E-state index in [1.165, 1.54) is 4.90 Å². The molecule has 0 bridgehead atoms. The van der Waals surface area contributed by atoms with E-state index in [0.717, 1.165) is 24.2 Å². The molecule has 2 aliphatic rings. The van der Waals surface area contributed by atoms with E-state index in [1.807, 2.05) is 66.4 Å². The highest BCUT2D eigenvalue weighted by atomic mass is 16.5. The van der Waals surface area contributed by atoms with Crippen molar-refractivity contribution in [1.29, 1.82) is 0 Å². The summed E-state index contributed by atoms with van der Waals surface area (Å²) in [5, 5.41) is 9.66. The molecule has 0 aliphatic carbocycles. The highest BCUT2D eigenvalue weighted by molar-refractivity contribution is 6.35. The van der Waals surface area contributed by atoms with Crippen LogP contribution in [-0.4, -0.2) is 53.0 Å². The topological polar surface area (TPSA) is 70.1 Å². The van der Waals surface area contributed by atoms with Crippen LogP contribution in [0.1, 0.15) is 30.9 Å². The number of aliphatic hydroxyl groups excluding tert-OH is 1. The van der Waals surface area contributed by atoms with Crippen LogP contribution in [0.4, 0.5) is 0 Å². The van der Waals surface area contributed by atoms with E-state index in [2.05, 4.69) is 0 Å². The van der Waals surface area contributed by atoms with Gasteiger partial charge in [0.25, 0.3) is 11.8 Å². The predicted octanol–water partition coefficient (Wildman–Crippen LogP) is 3.07. The summed E-state index contributed by atoms with van der Waals surface area (Å²) in [6.45, 7) is 4.07. The number of benzene rings is 2. The van der Waals surface area contributed by atoms with E-state index >= 15 is 0 Å². The van der Waals surface area contributed by atoms with E-state index in [4.69, 9.17) is 4.74 Å². The van der Waals surface area contributed by atoms with Gasteiger partial charge >= 0.3 is 0 Å². The second-order valence-electron chi connectivity index (χ2n) is 8.00. The zero-order valence-electron chi connectivity index (χ0n) is 17.8. The molecule has 1 saturated heterocycles. The minimum absolute atomic E-state index is 0.0814. The molecular weight excluding hydrogens is 392 g/mol. The van der Waals surface area contributed by atoms with Gasteiger partial charge in [-0.1, -0.05) is 42.5 Å². The van der Waals surface area contributed by atoms with Crippen LogP contribution in [0.5, 0.6) is 5.75 Å². The number of carbonyl (C=O) groups excluding carboxylic acids is 2. The van der Waals surface area contributed by atoms with Gasteiger partial charge in [0.05, 0.1) is 18.7 Å². The quantitative estimate of drug-likeness (QED) is 0.697. The number of hydrogen-bond donors (Lipinski definition) is 1. The summed E-state index contributed by atoms with van der Waals surface area (Å²) in [5.41, 5.74) is 2.49. The first-order chi connectivity index (χ1) is 15.1. The highest BCUT2D eigenvalue weighted by Crippen LogP contribution is 2.35. The molecule has 2 amide bonds. The molecule has 1 fully saturated rings. The first kappa shape index (κ1) is 21.1. The lowest BCUT2D eigenvalue weighted by atomic mass is 9.97. The Bertz CT molecular complexity index is 969. The lowest BCUT2D eigenvalue weighted by Gasteiger charge is -2.34. The van der Waals surface area contributed by atoms with Crippen molar-refractivity contribution in [2.45, 2.75) is 26.3 Å². The molecule has 2 aliphatic heterocycles. The van der Waals surface area contributed by atoms with E-state index in [1.54, 1.807) is 0 Å². The Balaban J connectivity index is 1.71. The molecule has 31 heavy (non-hydrogen) atoms. The number of rotatable bonds is 7. The fourth-order valence-electron chi connectivity index (χ4n) is 4.33. The predicted molar refractivity (Wildman–Crippen MR) is 118 cm³/mol. The molecule has 0 radical (unpaired) electrons. The molecule has 0 spiro atoms. The molecule has 2 aromatic carbocycles. The molecule has 1 N–H and O–H groups in total. The highest BCUT2D eigenvalue weighted by Gasteiger charge is 2.42. The molecule has 1 atom stereocenters. The number of amides is 2. The Morgan fingerprint density at radius 1 is 1.03 bits per heavy atom. The van der Waals surface area contributed by atoms with Crippen molar-refractivity contribution >= 4 is 17.4 Å². The van der Waals surface area contributed by atoms with Crippen LogP contribution in [0.25, 0.3) is 5.57 Å². The van der Waals surface area contributed by atoms with Crippen molar-refractivity contribution in [2.75, 3.05) is 26.3 Å². The van der Waals surface area contributed by atoms with Crippen LogP contribution in [0.15, 0.2) is 60.3 Å². The third-order valence-electron chi connectivity index (χ3n) is 5.87. The number of aliphatic hydroxyl groups is 1. The van der Waals surface area contributed by atoms with Crippen molar-refractivity contribution in [2.24, 2.45) is 5.92 Å². The molecule has 162 valence electrons. The lowest BCUT2D eigenvalue weighted by Crippen LogP contribution is -2.40. The molecule has 6 heteroatoms. The van der Waals surface area contributed by atoms with Crippen molar-refractivity contribution in [3.8, 4) is 5.75 Å². The third-order valence-corrected chi connectivity index (χ3v) is 5.87. The number of piperidine rings is 1. The van der Waals surface area contributed by atoms with Crippen molar-refractivity contribution in [3.05, 3.63) is 71.4 Å². The van der Waals surface area contributed by atoms with Crippen LogP contribution in [0.2, 0.25) is 0 Å². The summed E-state index contributed by atoms with van der Waals surface area (Å²) in [4.78, 5) is 30.3. The molecule has 4 rings (SSSR count). The summed E-state index contributed by atoms with van der Waals surface area (Å²) < 4.78 is 5.53. The minimum atomic E-state index is -0.279. The molecule has 0 saturated carbocycles. The Labute approximate surface area is 182 Å². The van der Waals surface area contributed by atoms with Crippen molar-refractivity contribution in [3.63, 3.8) is 0 Å². The minimum Gasteiger partial charge on any atom is -0.494 e. The zero-order chi connectivity index (χ0) is 21.8. The number of ether oxygens (including phenoxy) is 1. The smallest absolute Gasteiger partial charge is 0.278 e. The maximum absolute atomic E-state index is 13.5. The van der Waals surface area contributed by atoms with Crippen molar-refractivity contribution in [1.82, 2.24) is 9.80 Å². The van der Waals surface area contributed by atoms with Crippen LogP contribution in [0, 0.1) is 5.92 Å². The molecule has 1 unspecified atom stereocenters. The largest absolute Gasteiger partial charge is 0.494 e. The van der Waals surface area contributed by atoms with Gasteiger partial charge in [-0.25, -0.2) is 0 Å². The number of nitrogens with zero attached hydrogens (tertiary/aromatic N) is 2. The van der Waals surface area contributed by atoms with E-state index in [0.29, 0.717) is 36.5 Å². The van der Waals surface area contributed by atoms with E-state index < -0.39 is 0 Å². The molecule has 0 aromatic heterocycles. The Morgan fingerprint density at radius 3 is 2.45 bits per heavy atom. The fourth-order valence-corrected chi connectivity index (χ4v) is 4.33. The first-order valence-corrected chi connectivity index (χ1v) is 10.9. The standard InChI is InChI=1S/C25H28N2O4/c1-2-31-21-12-10-20(11-13-21)22-23(26-14-6-9-19(15-26)17-28)25(30)27(24(22)29)16-18-7-4-3-5-8-18/h3-5,7-8,10-13,19,28H,2,6,9,14-17H2,1H3. The fraction of sp³-hybridized carbons (Fsp3) is 0.360. The van der Waals surface area contributed by atoms with Crippen LogP contribution in [-0.2, 0) is 16.1 Å². The second kappa shape index (κ2) is 9.35. The number of imide groups is 1. The Kier molecular flexibility index (Phi) is 6.37. The van der Waals surface area contributed by atoms with Gasteiger partial charge in [0.1, 0.15) is 11.4 Å². The summed E-state index contributed by atoms with van der Waals surface area (Å²) in [6, 6.07) is 16.9. The normalized spacial score (nSPS) is 19.4. The first-order valence-electron chi connectivity index (χ1n) is 10.9. The van der Waals surface area contributed by atoms with Crippen LogP contribution in [0.3, 0.4) is 0 Å². The van der Waals surface area contributed by atoms with Gasteiger partial charge in [-0.3, -0.25) is 14.5 Å². The van der Waals surface area contributed by atoms with Crippen LogP contribution < -0.4 is 4.74 Å². The van der Waals surface area contributed by atoms with E-state index in [-0.39, 0.29) is 30.9 Å². The summed E-state index contributed by atoms with van der Waals surface area (Å²) >= 11 is 0. The Hall–Kier alpha value is -3.12.